The van der Waals surface area contributed by atoms with Crippen LogP contribution in [0, 0.1) is 13.8 Å². The van der Waals surface area contributed by atoms with Crippen LogP contribution in [0.3, 0.4) is 0 Å². The first kappa shape index (κ1) is 19.9. The number of thioether (sulfide) groups is 1. The zero-order valence-electron chi connectivity index (χ0n) is 16.1. The average molecular weight is 394 g/mol. The molecule has 0 unspecified atom stereocenters. The number of aromatic nitrogens is 2. The number of benzene rings is 2. The summed E-state index contributed by atoms with van der Waals surface area (Å²) in [5.74, 6) is 0.904. The summed E-state index contributed by atoms with van der Waals surface area (Å²) in [5.41, 5.74) is 3.22. The largest absolute Gasteiger partial charge is 0.494 e. The molecule has 0 atom stereocenters. The number of Topliss-reactive ketones (excluding diaryl/α,β-unsaturated/α-hetero) is 1. The Bertz CT molecular complexity index is 1040. The highest BCUT2D eigenvalue weighted by molar-refractivity contribution is 7.99. The lowest BCUT2D eigenvalue weighted by Crippen LogP contribution is -2.21. The van der Waals surface area contributed by atoms with E-state index >= 15 is 0 Å². The van der Waals surface area contributed by atoms with Gasteiger partial charge in [0.05, 0.1) is 12.4 Å². The molecule has 0 spiro atoms. The van der Waals surface area contributed by atoms with Crippen LogP contribution in [0.4, 0.5) is 0 Å². The van der Waals surface area contributed by atoms with Crippen molar-refractivity contribution in [2.75, 3.05) is 12.4 Å². The lowest BCUT2D eigenvalue weighted by atomic mass is 10.0. The molecule has 0 bridgehead atoms. The van der Waals surface area contributed by atoms with Crippen LogP contribution in [0.25, 0.3) is 5.69 Å². The second-order valence-electron chi connectivity index (χ2n) is 6.36. The predicted octanol–water partition coefficient (Wildman–Crippen LogP) is 4.22. The van der Waals surface area contributed by atoms with E-state index < -0.39 is 0 Å². The summed E-state index contributed by atoms with van der Waals surface area (Å²) in [6, 6.07) is 13.0. The maximum atomic E-state index is 12.8. The predicted molar refractivity (Wildman–Crippen MR) is 112 cm³/mol. The van der Waals surface area contributed by atoms with Crippen molar-refractivity contribution in [2.24, 2.45) is 0 Å². The molecule has 1 heterocycles. The van der Waals surface area contributed by atoms with E-state index in [0.29, 0.717) is 17.2 Å². The Balaban J connectivity index is 1.77. The highest BCUT2D eigenvalue weighted by Gasteiger charge is 2.13. The van der Waals surface area contributed by atoms with Crippen LogP contribution < -0.4 is 10.3 Å². The van der Waals surface area contributed by atoms with Crippen molar-refractivity contribution in [1.82, 2.24) is 9.55 Å². The van der Waals surface area contributed by atoms with E-state index in [1.807, 2.05) is 63.2 Å². The quantitative estimate of drug-likeness (QED) is 0.443. The van der Waals surface area contributed by atoms with Crippen molar-refractivity contribution in [3.05, 3.63) is 81.9 Å². The van der Waals surface area contributed by atoms with E-state index in [1.165, 1.54) is 4.57 Å². The Kier molecular flexibility index (Phi) is 6.31. The first-order chi connectivity index (χ1) is 13.5. The number of hydrogen-bond donors (Lipinski definition) is 0. The van der Waals surface area contributed by atoms with Crippen molar-refractivity contribution in [3.63, 3.8) is 0 Å². The van der Waals surface area contributed by atoms with Gasteiger partial charge in [-0.3, -0.25) is 14.2 Å². The molecular weight excluding hydrogens is 372 g/mol. The Labute approximate surface area is 168 Å². The maximum absolute atomic E-state index is 12.8. The molecule has 28 heavy (non-hydrogen) atoms. The van der Waals surface area contributed by atoms with Crippen LogP contribution in [0.2, 0.25) is 0 Å². The molecule has 6 heteroatoms. The van der Waals surface area contributed by atoms with E-state index in [1.54, 1.807) is 12.4 Å². The van der Waals surface area contributed by atoms with Gasteiger partial charge in [-0.25, -0.2) is 4.98 Å². The van der Waals surface area contributed by atoms with E-state index in [-0.39, 0.29) is 17.1 Å². The van der Waals surface area contributed by atoms with Gasteiger partial charge in [-0.15, -0.1) is 0 Å². The molecule has 0 amide bonds. The topological polar surface area (TPSA) is 61.2 Å². The van der Waals surface area contributed by atoms with Crippen LogP contribution >= 0.6 is 11.8 Å². The molecule has 0 aliphatic carbocycles. The molecule has 0 saturated heterocycles. The standard InChI is InChI=1S/C22H22N2O3S/c1-4-27-18-8-6-17(7-9-18)24-12-11-23-21(22(24)26)28-14-20(25)19-10-5-15(2)13-16(19)3/h5-13H,4,14H2,1-3H3. The number of ketones is 1. The minimum absolute atomic E-state index is 0.0137. The van der Waals surface area contributed by atoms with Gasteiger partial charge in [0.1, 0.15) is 5.75 Å². The summed E-state index contributed by atoms with van der Waals surface area (Å²) in [7, 11) is 0. The summed E-state index contributed by atoms with van der Waals surface area (Å²) >= 11 is 1.16. The number of carbonyl (C=O) groups excluding carboxylic acids is 1. The van der Waals surface area contributed by atoms with Crippen LogP contribution in [0.1, 0.15) is 28.4 Å². The van der Waals surface area contributed by atoms with Crippen LogP contribution in [-0.4, -0.2) is 27.7 Å². The molecule has 0 N–H and O–H groups in total. The van der Waals surface area contributed by atoms with E-state index in [9.17, 15) is 9.59 Å². The smallest absolute Gasteiger partial charge is 0.287 e. The van der Waals surface area contributed by atoms with Gasteiger partial charge in [-0.2, -0.15) is 0 Å². The average Bonchev–Trinajstić information content (AvgIpc) is 2.68. The molecule has 0 fully saturated rings. The lowest BCUT2D eigenvalue weighted by Gasteiger charge is -2.09. The summed E-state index contributed by atoms with van der Waals surface area (Å²) in [5, 5.41) is 0.300. The number of carbonyl (C=O) groups is 1. The van der Waals surface area contributed by atoms with E-state index in [0.717, 1.165) is 34.3 Å². The zero-order chi connectivity index (χ0) is 20.1. The van der Waals surface area contributed by atoms with Crippen molar-refractivity contribution >= 4 is 17.5 Å². The van der Waals surface area contributed by atoms with Crippen molar-refractivity contribution < 1.29 is 9.53 Å². The first-order valence-electron chi connectivity index (χ1n) is 9.03. The molecule has 5 nitrogen and oxygen atoms in total. The zero-order valence-corrected chi connectivity index (χ0v) is 17.0. The third-order valence-electron chi connectivity index (χ3n) is 4.26. The van der Waals surface area contributed by atoms with Crippen LogP contribution in [0.5, 0.6) is 5.75 Å². The third-order valence-corrected chi connectivity index (χ3v) is 5.22. The summed E-state index contributed by atoms with van der Waals surface area (Å²) in [6.07, 6.45) is 3.19. The SMILES string of the molecule is CCOc1ccc(-n2ccnc(SCC(=O)c3ccc(C)cc3C)c2=O)cc1. The summed E-state index contributed by atoms with van der Waals surface area (Å²) in [6.45, 7) is 6.42. The number of nitrogens with zero attached hydrogens (tertiary/aromatic N) is 2. The van der Waals surface area contributed by atoms with Gasteiger partial charge in [0.25, 0.3) is 5.56 Å². The lowest BCUT2D eigenvalue weighted by molar-refractivity contribution is 0.102. The molecule has 1 aromatic heterocycles. The fraction of sp³-hybridized carbons (Fsp3) is 0.227. The van der Waals surface area contributed by atoms with Gasteiger partial charge in [0, 0.05) is 23.6 Å². The maximum Gasteiger partial charge on any atom is 0.287 e. The normalized spacial score (nSPS) is 10.7. The highest BCUT2D eigenvalue weighted by atomic mass is 32.2. The fourth-order valence-corrected chi connectivity index (χ4v) is 3.68. The Morgan fingerprint density at radius 1 is 1.14 bits per heavy atom. The Hall–Kier alpha value is -2.86. The van der Waals surface area contributed by atoms with Crippen molar-refractivity contribution in [2.45, 2.75) is 25.8 Å². The van der Waals surface area contributed by atoms with Gasteiger partial charge >= 0.3 is 0 Å². The molecule has 0 aliphatic rings. The van der Waals surface area contributed by atoms with Crippen molar-refractivity contribution in [1.29, 1.82) is 0 Å². The van der Waals surface area contributed by atoms with E-state index in [4.69, 9.17) is 4.74 Å². The van der Waals surface area contributed by atoms with Crippen LogP contribution in [0.15, 0.2) is 64.7 Å². The van der Waals surface area contributed by atoms with Crippen molar-refractivity contribution in [3.8, 4) is 11.4 Å². The molecule has 0 aliphatic heterocycles. The molecule has 3 aromatic rings. The summed E-state index contributed by atoms with van der Waals surface area (Å²) < 4.78 is 6.95. The minimum atomic E-state index is -0.245. The number of hydrogen-bond acceptors (Lipinski definition) is 5. The monoisotopic (exact) mass is 394 g/mol. The van der Waals surface area contributed by atoms with Gasteiger partial charge in [-0.1, -0.05) is 35.5 Å². The molecular formula is C22H22N2O3S. The first-order valence-corrected chi connectivity index (χ1v) is 10.0. The second-order valence-corrected chi connectivity index (χ2v) is 7.33. The minimum Gasteiger partial charge on any atom is -0.494 e. The van der Waals surface area contributed by atoms with Gasteiger partial charge in [0.2, 0.25) is 0 Å². The highest BCUT2D eigenvalue weighted by Crippen LogP contribution is 2.18. The molecule has 3 rings (SSSR count). The van der Waals surface area contributed by atoms with Crippen LogP contribution in [-0.2, 0) is 0 Å². The Morgan fingerprint density at radius 3 is 2.57 bits per heavy atom. The molecule has 0 radical (unpaired) electrons. The number of ether oxygens (including phenoxy) is 1. The summed E-state index contributed by atoms with van der Waals surface area (Å²) in [4.78, 5) is 29.5. The van der Waals surface area contributed by atoms with E-state index in [2.05, 4.69) is 4.98 Å². The van der Waals surface area contributed by atoms with Gasteiger partial charge in [0.15, 0.2) is 10.8 Å². The Morgan fingerprint density at radius 2 is 1.89 bits per heavy atom. The van der Waals surface area contributed by atoms with Gasteiger partial charge in [-0.05, 0) is 50.6 Å². The molecule has 144 valence electrons. The number of aryl methyl sites for hydroxylation is 2. The molecule has 0 saturated carbocycles. The molecule has 2 aromatic carbocycles. The second kappa shape index (κ2) is 8.89. The fourth-order valence-electron chi connectivity index (χ4n) is 2.90. The number of rotatable bonds is 7. The third kappa shape index (κ3) is 4.51. The van der Waals surface area contributed by atoms with Gasteiger partial charge < -0.3 is 4.74 Å².